The molecular weight excluding hydrogens is 388 g/mol. The Kier molecular flexibility index (Phi) is 4.81. The fourth-order valence-electron chi connectivity index (χ4n) is 3.32. The third kappa shape index (κ3) is 3.59. The fourth-order valence-corrected chi connectivity index (χ4v) is 3.54. The van der Waals surface area contributed by atoms with Gasteiger partial charge in [-0.2, -0.15) is 13.9 Å². The quantitative estimate of drug-likeness (QED) is 0.597. The van der Waals surface area contributed by atoms with E-state index in [-0.39, 0.29) is 12.3 Å². The molecule has 1 atom stereocenters. The van der Waals surface area contributed by atoms with Gasteiger partial charge in [0.15, 0.2) is 0 Å². The van der Waals surface area contributed by atoms with Crippen LogP contribution in [0.2, 0.25) is 0 Å². The molecule has 28 heavy (non-hydrogen) atoms. The third-order valence-corrected chi connectivity index (χ3v) is 5.71. The molecule has 1 aliphatic carbocycles. The largest absolute Gasteiger partial charge is 0.434 e. The molecule has 3 aromatic rings. The van der Waals surface area contributed by atoms with Crippen LogP contribution in [0.15, 0.2) is 55.1 Å². The van der Waals surface area contributed by atoms with Crippen LogP contribution >= 0.6 is 11.6 Å². The summed E-state index contributed by atoms with van der Waals surface area (Å²) in [6.07, 6.45) is 7.70. The highest BCUT2D eigenvalue weighted by molar-refractivity contribution is 6.27. The Hall–Kier alpha value is -2.51. The lowest BCUT2D eigenvalue weighted by Crippen LogP contribution is -2.43. The molecule has 0 amide bonds. The number of halogens is 3. The molecule has 0 spiro atoms. The van der Waals surface area contributed by atoms with Crippen molar-refractivity contribution >= 4 is 28.4 Å². The van der Waals surface area contributed by atoms with Gasteiger partial charge in [-0.1, -0.05) is 36.4 Å². The van der Waals surface area contributed by atoms with Crippen LogP contribution in [0.4, 0.5) is 8.78 Å². The van der Waals surface area contributed by atoms with Crippen LogP contribution in [-0.2, 0) is 6.54 Å². The van der Waals surface area contributed by atoms with Crippen LogP contribution in [-0.4, -0.2) is 37.0 Å². The van der Waals surface area contributed by atoms with E-state index in [4.69, 9.17) is 11.6 Å². The normalized spacial score (nSPS) is 17.9. The van der Waals surface area contributed by atoms with E-state index in [1.54, 1.807) is 30.4 Å². The Morgan fingerprint density at radius 3 is 2.68 bits per heavy atom. The summed E-state index contributed by atoms with van der Waals surface area (Å²) in [5, 5.41) is 16.6. The number of nitrogens with zero attached hydrogens (tertiary/aromatic N) is 3. The second-order valence-corrected chi connectivity index (χ2v) is 7.62. The predicted molar refractivity (Wildman–Crippen MR) is 102 cm³/mol. The van der Waals surface area contributed by atoms with Crippen LogP contribution in [0.3, 0.4) is 0 Å². The van der Waals surface area contributed by atoms with E-state index in [2.05, 4.69) is 14.8 Å². The van der Waals surface area contributed by atoms with Gasteiger partial charge in [0.25, 0.3) is 0 Å². The van der Waals surface area contributed by atoms with Crippen LogP contribution in [0.5, 0.6) is 5.75 Å². The molecule has 4 rings (SSSR count). The first-order chi connectivity index (χ1) is 13.4. The number of ether oxygens (including phenoxy) is 1. The maximum absolute atomic E-state index is 12.7. The van der Waals surface area contributed by atoms with Crippen LogP contribution in [0.25, 0.3) is 16.8 Å². The van der Waals surface area contributed by atoms with Gasteiger partial charge in [-0.15, -0.1) is 11.6 Å². The van der Waals surface area contributed by atoms with Crippen molar-refractivity contribution in [2.45, 2.75) is 36.5 Å². The molecule has 5 nitrogen and oxygen atoms in total. The molecule has 0 bridgehead atoms. The lowest BCUT2D eigenvalue weighted by Gasteiger charge is -2.29. The standard InChI is InChI=1S/C20H18ClF2N3O2/c21-19(9-10-19)20(27,11-26-13-24-12-25-26)8-7-14-3-1-5-16-15(14)4-2-6-17(16)28-18(22)23/h1-8,12-13,18,27H,9-11H2/b8-7+. The first kappa shape index (κ1) is 18.8. The van der Waals surface area contributed by atoms with Gasteiger partial charge in [-0.3, -0.25) is 0 Å². The van der Waals surface area contributed by atoms with E-state index < -0.39 is 17.1 Å². The zero-order chi connectivity index (χ0) is 19.8. The summed E-state index contributed by atoms with van der Waals surface area (Å²) in [5.41, 5.74) is -0.572. The van der Waals surface area contributed by atoms with Crippen LogP contribution in [0, 0.1) is 0 Å². The summed E-state index contributed by atoms with van der Waals surface area (Å²) in [4.78, 5) is 3.14. The first-order valence-corrected chi connectivity index (χ1v) is 9.18. The van der Waals surface area contributed by atoms with E-state index in [0.29, 0.717) is 18.2 Å². The molecular formula is C20H18ClF2N3O2. The van der Waals surface area contributed by atoms with Crippen molar-refractivity contribution in [2.24, 2.45) is 0 Å². The average molecular weight is 406 g/mol. The molecule has 0 radical (unpaired) electrons. The van der Waals surface area contributed by atoms with Crippen molar-refractivity contribution in [3.05, 3.63) is 60.7 Å². The zero-order valence-electron chi connectivity index (χ0n) is 14.8. The van der Waals surface area contributed by atoms with Crippen molar-refractivity contribution in [2.75, 3.05) is 0 Å². The summed E-state index contributed by atoms with van der Waals surface area (Å²) < 4.78 is 31.5. The van der Waals surface area contributed by atoms with Gasteiger partial charge < -0.3 is 9.84 Å². The van der Waals surface area contributed by atoms with Gasteiger partial charge >= 0.3 is 6.61 Å². The van der Waals surface area contributed by atoms with Gasteiger partial charge in [-0.25, -0.2) is 9.67 Å². The van der Waals surface area contributed by atoms with Gasteiger partial charge in [0.05, 0.1) is 11.4 Å². The first-order valence-electron chi connectivity index (χ1n) is 8.80. The van der Waals surface area contributed by atoms with Gasteiger partial charge in [0, 0.05) is 5.39 Å². The Morgan fingerprint density at radius 2 is 2.00 bits per heavy atom. The summed E-state index contributed by atoms with van der Waals surface area (Å²) >= 11 is 6.57. The Bertz CT molecular complexity index is 1010. The molecule has 0 saturated heterocycles. The number of fused-ring (bicyclic) bond motifs is 1. The Morgan fingerprint density at radius 1 is 1.25 bits per heavy atom. The Balaban J connectivity index is 1.70. The summed E-state index contributed by atoms with van der Waals surface area (Å²) in [6.45, 7) is -2.74. The molecule has 0 aliphatic heterocycles. The van der Waals surface area contributed by atoms with Crippen molar-refractivity contribution in [1.82, 2.24) is 14.8 Å². The van der Waals surface area contributed by atoms with E-state index in [1.807, 2.05) is 12.1 Å². The predicted octanol–water partition coefficient (Wildman–Crippen LogP) is 4.25. The van der Waals surface area contributed by atoms with Gasteiger partial charge in [0.1, 0.15) is 24.0 Å². The molecule has 1 aromatic heterocycles. The molecule has 1 fully saturated rings. The summed E-state index contributed by atoms with van der Waals surface area (Å²) in [6, 6.07) is 10.3. The van der Waals surface area contributed by atoms with E-state index >= 15 is 0 Å². The third-order valence-electron chi connectivity index (χ3n) is 5.00. The SMILES string of the molecule is OC(/C=C/c1cccc2c(OC(F)F)cccc12)(Cn1cncn1)C1(Cl)CC1. The zero-order valence-corrected chi connectivity index (χ0v) is 15.6. The summed E-state index contributed by atoms with van der Waals surface area (Å²) in [7, 11) is 0. The monoisotopic (exact) mass is 405 g/mol. The minimum atomic E-state index is -2.90. The number of rotatable bonds is 7. The van der Waals surface area contributed by atoms with Crippen LogP contribution in [0.1, 0.15) is 18.4 Å². The smallest absolute Gasteiger partial charge is 0.387 e. The van der Waals surface area contributed by atoms with Crippen molar-refractivity contribution in [3.63, 3.8) is 0 Å². The number of hydrogen-bond acceptors (Lipinski definition) is 4. The lowest BCUT2D eigenvalue weighted by molar-refractivity contribution is -0.0487. The van der Waals surface area contributed by atoms with E-state index in [9.17, 15) is 13.9 Å². The highest BCUT2D eigenvalue weighted by atomic mass is 35.5. The number of alkyl halides is 3. The number of benzene rings is 2. The van der Waals surface area contributed by atoms with E-state index in [1.165, 1.54) is 23.4 Å². The van der Waals surface area contributed by atoms with Crippen molar-refractivity contribution in [1.29, 1.82) is 0 Å². The number of aliphatic hydroxyl groups is 1. The highest BCUT2D eigenvalue weighted by Crippen LogP contribution is 2.52. The maximum atomic E-state index is 12.7. The highest BCUT2D eigenvalue weighted by Gasteiger charge is 2.56. The van der Waals surface area contributed by atoms with Crippen molar-refractivity contribution < 1.29 is 18.6 Å². The molecule has 1 saturated carbocycles. The minimum absolute atomic E-state index is 0.108. The van der Waals surface area contributed by atoms with Gasteiger partial charge in [-0.05, 0) is 35.9 Å². The topological polar surface area (TPSA) is 60.2 Å². The lowest BCUT2D eigenvalue weighted by atomic mass is 9.94. The van der Waals surface area contributed by atoms with Crippen molar-refractivity contribution in [3.8, 4) is 5.75 Å². The fraction of sp³-hybridized carbons (Fsp3) is 0.300. The number of aromatic nitrogens is 3. The van der Waals surface area contributed by atoms with E-state index in [0.717, 1.165) is 10.9 Å². The molecule has 1 unspecified atom stereocenters. The summed E-state index contributed by atoms with van der Waals surface area (Å²) in [5.74, 6) is 0.108. The second-order valence-electron chi connectivity index (χ2n) is 6.89. The number of hydrogen-bond donors (Lipinski definition) is 1. The molecule has 8 heteroatoms. The molecule has 1 N–H and O–H groups in total. The molecule has 1 heterocycles. The Labute approximate surface area is 165 Å². The second kappa shape index (κ2) is 7.14. The molecule has 146 valence electrons. The van der Waals surface area contributed by atoms with Crippen LogP contribution < -0.4 is 4.74 Å². The molecule has 2 aromatic carbocycles. The minimum Gasteiger partial charge on any atom is -0.434 e. The van der Waals surface area contributed by atoms with Gasteiger partial charge in [0.2, 0.25) is 0 Å². The molecule has 1 aliphatic rings. The average Bonchev–Trinajstić information content (AvgIpc) is 3.22. The maximum Gasteiger partial charge on any atom is 0.387 e.